The summed E-state index contributed by atoms with van der Waals surface area (Å²) in [5.41, 5.74) is 1.14. The summed E-state index contributed by atoms with van der Waals surface area (Å²) in [5.74, 6) is 1.65. The molecule has 0 bridgehead atoms. The molecule has 0 atom stereocenters. The van der Waals surface area contributed by atoms with E-state index in [-0.39, 0.29) is 11.5 Å². The first kappa shape index (κ1) is 25.6. The van der Waals surface area contributed by atoms with Gasteiger partial charge in [-0.15, -0.1) is 0 Å². The lowest BCUT2D eigenvalue weighted by molar-refractivity contribution is -0.111. The molecule has 0 spiro atoms. The van der Waals surface area contributed by atoms with Gasteiger partial charge in [0.05, 0.1) is 18.9 Å². The standard InChI is InChI=1S/C27H30N2O6/c1-3-33-25-19-21(9-12-24(25)35-18-17-34-23-7-5-4-6-8-23)10-13-26(30)28-22-11-14-27(31)29(20-22)15-16-32-2/h4-14,19-20H,3,15-18H2,1-2H3,(H,28,30). The van der Waals surface area contributed by atoms with E-state index in [4.69, 9.17) is 18.9 Å². The largest absolute Gasteiger partial charge is 0.490 e. The van der Waals surface area contributed by atoms with Crippen molar-refractivity contribution in [1.82, 2.24) is 4.57 Å². The van der Waals surface area contributed by atoms with Crippen LogP contribution in [0.5, 0.6) is 17.2 Å². The lowest BCUT2D eigenvalue weighted by atomic mass is 10.2. The van der Waals surface area contributed by atoms with Crippen LogP contribution in [0.4, 0.5) is 5.69 Å². The smallest absolute Gasteiger partial charge is 0.250 e. The molecule has 0 radical (unpaired) electrons. The zero-order valence-corrected chi connectivity index (χ0v) is 19.9. The molecule has 0 aliphatic heterocycles. The number of carbonyl (C=O) groups is 1. The number of methoxy groups -OCH3 is 1. The fourth-order valence-corrected chi connectivity index (χ4v) is 3.17. The Kier molecular flexibility index (Phi) is 9.95. The van der Waals surface area contributed by atoms with Crippen molar-refractivity contribution in [2.75, 3.05) is 38.9 Å². The average Bonchev–Trinajstić information content (AvgIpc) is 2.87. The summed E-state index contributed by atoms with van der Waals surface area (Å²) in [7, 11) is 1.57. The Balaban J connectivity index is 1.58. The second kappa shape index (κ2) is 13.6. The number of para-hydroxylation sites is 1. The van der Waals surface area contributed by atoms with E-state index < -0.39 is 0 Å². The molecular weight excluding hydrogens is 448 g/mol. The molecule has 8 heteroatoms. The van der Waals surface area contributed by atoms with Crippen LogP contribution in [-0.2, 0) is 16.1 Å². The molecule has 3 rings (SSSR count). The highest BCUT2D eigenvalue weighted by molar-refractivity contribution is 6.01. The molecule has 0 aliphatic carbocycles. The predicted octanol–water partition coefficient (Wildman–Crippen LogP) is 4.00. The first-order valence-corrected chi connectivity index (χ1v) is 11.3. The summed E-state index contributed by atoms with van der Waals surface area (Å²) in [5, 5.41) is 2.76. The SMILES string of the molecule is CCOc1cc(C=CC(=O)Nc2ccc(=O)n(CCOC)c2)ccc1OCCOc1ccccc1. The minimum absolute atomic E-state index is 0.159. The maximum absolute atomic E-state index is 12.4. The van der Waals surface area contributed by atoms with Crippen LogP contribution >= 0.6 is 0 Å². The van der Waals surface area contributed by atoms with Crippen LogP contribution in [0.15, 0.2) is 77.7 Å². The van der Waals surface area contributed by atoms with Gasteiger partial charge < -0.3 is 28.8 Å². The summed E-state index contributed by atoms with van der Waals surface area (Å²) >= 11 is 0. The lowest BCUT2D eigenvalue weighted by Crippen LogP contribution is -2.22. The third-order valence-electron chi connectivity index (χ3n) is 4.83. The van der Waals surface area contributed by atoms with Crippen molar-refractivity contribution < 1.29 is 23.7 Å². The monoisotopic (exact) mass is 478 g/mol. The summed E-state index contributed by atoms with van der Waals surface area (Å²) in [6.07, 6.45) is 4.69. The van der Waals surface area contributed by atoms with E-state index in [0.29, 0.717) is 50.2 Å². The number of benzene rings is 2. The number of nitrogens with one attached hydrogen (secondary N) is 1. The summed E-state index contributed by atoms with van der Waals surface area (Å²) in [6.45, 7) is 3.93. The molecule has 0 unspecified atom stereocenters. The van der Waals surface area contributed by atoms with E-state index in [2.05, 4.69) is 5.32 Å². The number of ether oxygens (including phenoxy) is 4. The number of aromatic nitrogens is 1. The fourth-order valence-electron chi connectivity index (χ4n) is 3.17. The molecule has 0 aliphatic rings. The first-order valence-electron chi connectivity index (χ1n) is 11.3. The first-order chi connectivity index (χ1) is 17.1. The van der Waals surface area contributed by atoms with Crippen molar-refractivity contribution in [3.63, 3.8) is 0 Å². The van der Waals surface area contributed by atoms with E-state index in [1.54, 1.807) is 31.5 Å². The fraction of sp³-hybridized carbons (Fsp3) is 0.259. The molecule has 0 saturated carbocycles. The molecule has 1 aromatic heterocycles. The predicted molar refractivity (Wildman–Crippen MR) is 135 cm³/mol. The quantitative estimate of drug-likeness (QED) is 0.295. The van der Waals surface area contributed by atoms with Crippen molar-refractivity contribution in [2.45, 2.75) is 13.5 Å². The van der Waals surface area contributed by atoms with Crippen LogP contribution in [0.1, 0.15) is 12.5 Å². The Labute approximate surface area is 204 Å². The number of amides is 1. The molecule has 3 aromatic rings. The van der Waals surface area contributed by atoms with Gasteiger partial charge in [-0.1, -0.05) is 24.3 Å². The van der Waals surface area contributed by atoms with Crippen molar-refractivity contribution in [1.29, 1.82) is 0 Å². The van der Waals surface area contributed by atoms with Crippen molar-refractivity contribution >= 4 is 17.7 Å². The summed E-state index contributed by atoms with van der Waals surface area (Å²) in [6, 6.07) is 18.0. The van der Waals surface area contributed by atoms with Crippen LogP contribution in [0, 0.1) is 0 Å². The number of rotatable bonds is 13. The van der Waals surface area contributed by atoms with Gasteiger partial charge in [0.15, 0.2) is 11.5 Å². The second-order valence-electron chi connectivity index (χ2n) is 7.41. The van der Waals surface area contributed by atoms with Gasteiger partial charge in [-0.2, -0.15) is 0 Å². The number of anilines is 1. The topological polar surface area (TPSA) is 88.0 Å². The van der Waals surface area contributed by atoms with Crippen molar-refractivity contribution in [2.24, 2.45) is 0 Å². The summed E-state index contributed by atoms with van der Waals surface area (Å²) in [4.78, 5) is 24.3. The third-order valence-corrected chi connectivity index (χ3v) is 4.83. The molecule has 0 fully saturated rings. The van der Waals surface area contributed by atoms with E-state index in [0.717, 1.165) is 11.3 Å². The number of hydrogen-bond donors (Lipinski definition) is 1. The van der Waals surface area contributed by atoms with E-state index in [1.165, 1.54) is 16.7 Å². The highest BCUT2D eigenvalue weighted by atomic mass is 16.5. The molecule has 1 amide bonds. The van der Waals surface area contributed by atoms with Gasteiger partial charge in [0.25, 0.3) is 5.56 Å². The molecule has 8 nitrogen and oxygen atoms in total. The average molecular weight is 479 g/mol. The van der Waals surface area contributed by atoms with Gasteiger partial charge in [-0.05, 0) is 48.9 Å². The van der Waals surface area contributed by atoms with Crippen LogP contribution in [-0.4, -0.2) is 44.0 Å². The Morgan fingerprint density at radius 1 is 0.943 bits per heavy atom. The number of pyridine rings is 1. The maximum atomic E-state index is 12.4. The van der Waals surface area contributed by atoms with E-state index >= 15 is 0 Å². The highest BCUT2D eigenvalue weighted by Crippen LogP contribution is 2.29. The lowest BCUT2D eigenvalue weighted by Gasteiger charge is -2.13. The van der Waals surface area contributed by atoms with Gasteiger partial charge in [-0.25, -0.2) is 0 Å². The highest BCUT2D eigenvalue weighted by Gasteiger charge is 2.07. The molecule has 35 heavy (non-hydrogen) atoms. The maximum Gasteiger partial charge on any atom is 0.250 e. The number of nitrogens with zero attached hydrogens (tertiary/aromatic N) is 1. The minimum Gasteiger partial charge on any atom is -0.490 e. The summed E-state index contributed by atoms with van der Waals surface area (Å²) < 4.78 is 23.7. The Morgan fingerprint density at radius 3 is 2.51 bits per heavy atom. The molecule has 2 aromatic carbocycles. The molecule has 0 saturated heterocycles. The van der Waals surface area contributed by atoms with Gasteiger partial charge in [0.2, 0.25) is 5.91 Å². The normalized spacial score (nSPS) is 10.8. The van der Waals surface area contributed by atoms with Gasteiger partial charge in [0, 0.05) is 32.0 Å². The van der Waals surface area contributed by atoms with Gasteiger partial charge >= 0.3 is 0 Å². The Hall–Kier alpha value is -4.04. The Morgan fingerprint density at radius 2 is 1.74 bits per heavy atom. The van der Waals surface area contributed by atoms with Crippen LogP contribution in [0.25, 0.3) is 6.08 Å². The van der Waals surface area contributed by atoms with Crippen LogP contribution in [0.3, 0.4) is 0 Å². The third kappa shape index (κ3) is 8.35. The van der Waals surface area contributed by atoms with E-state index in [1.807, 2.05) is 49.4 Å². The Bertz CT molecular complexity index is 1170. The molecule has 1 N–H and O–H groups in total. The molecule has 184 valence electrons. The molecular formula is C27H30N2O6. The van der Waals surface area contributed by atoms with Crippen LogP contribution in [0.2, 0.25) is 0 Å². The second-order valence-corrected chi connectivity index (χ2v) is 7.41. The van der Waals surface area contributed by atoms with E-state index in [9.17, 15) is 9.59 Å². The zero-order valence-electron chi connectivity index (χ0n) is 19.9. The number of hydrogen-bond acceptors (Lipinski definition) is 6. The van der Waals surface area contributed by atoms with Gasteiger partial charge in [-0.3, -0.25) is 9.59 Å². The van der Waals surface area contributed by atoms with Crippen molar-refractivity contribution in [3.8, 4) is 17.2 Å². The van der Waals surface area contributed by atoms with Crippen molar-refractivity contribution in [3.05, 3.63) is 88.9 Å². The molecule has 1 heterocycles. The van der Waals surface area contributed by atoms with Crippen LogP contribution < -0.4 is 25.1 Å². The van der Waals surface area contributed by atoms with Gasteiger partial charge in [0.1, 0.15) is 19.0 Å². The zero-order chi connectivity index (χ0) is 24.9. The minimum atomic E-state index is -0.321. The number of carbonyl (C=O) groups excluding carboxylic acids is 1.